The van der Waals surface area contributed by atoms with Gasteiger partial charge in [0.15, 0.2) is 18.1 Å². The first-order valence-electron chi connectivity index (χ1n) is 8.62. The minimum absolute atomic E-state index is 0.223. The van der Waals surface area contributed by atoms with Crippen LogP contribution in [0.25, 0.3) is 0 Å². The molecule has 0 aliphatic rings. The summed E-state index contributed by atoms with van der Waals surface area (Å²) in [4.78, 5) is 16.2. The molecule has 1 heterocycles. The molecule has 0 unspecified atom stereocenters. The molecule has 8 heteroatoms. The maximum atomic E-state index is 12.2. The third-order valence-corrected chi connectivity index (χ3v) is 4.39. The van der Waals surface area contributed by atoms with Gasteiger partial charge in [-0.15, -0.1) is 0 Å². The standard InChI is InChI=1S/C21H18Cl2N2O4/c1-27-18-5-3-16(11-20(18)28-12-14-6-8-24-9-7-14)25-21(26)13-29-19-10-15(22)2-4-17(19)23/h2-11H,12-13H2,1H3,(H,25,26). The van der Waals surface area contributed by atoms with Crippen LogP contribution >= 0.6 is 23.2 Å². The molecule has 0 saturated carbocycles. The number of methoxy groups -OCH3 is 1. The first-order valence-corrected chi connectivity index (χ1v) is 9.38. The van der Waals surface area contributed by atoms with Gasteiger partial charge in [0.05, 0.1) is 12.1 Å². The van der Waals surface area contributed by atoms with Crippen LogP contribution < -0.4 is 19.5 Å². The lowest BCUT2D eigenvalue weighted by Crippen LogP contribution is -2.20. The molecule has 1 N–H and O–H groups in total. The van der Waals surface area contributed by atoms with Crippen LogP contribution in [0.3, 0.4) is 0 Å². The molecule has 0 atom stereocenters. The summed E-state index contributed by atoms with van der Waals surface area (Å²) >= 11 is 11.9. The molecule has 6 nitrogen and oxygen atoms in total. The molecule has 0 aliphatic heterocycles. The van der Waals surface area contributed by atoms with E-state index in [4.69, 9.17) is 37.4 Å². The van der Waals surface area contributed by atoms with Crippen LogP contribution in [-0.4, -0.2) is 24.6 Å². The maximum Gasteiger partial charge on any atom is 0.262 e. The first kappa shape index (κ1) is 20.8. The summed E-state index contributed by atoms with van der Waals surface area (Å²) in [6.45, 7) is 0.117. The van der Waals surface area contributed by atoms with Gasteiger partial charge in [0.25, 0.3) is 5.91 Å². The van der Waals surface area contributed by atoms with Crippen molar-refractivity contribution in [2.24, 2.45) is 0 Å². The summed E-state index contributed by atoms with van der Waals surface area (Å²) in [5.74, 6) is 1.04. The number of ether oxygens (including phenoxy) is 3. The minimum Gasteiger partial charge on any atom is -0.493 e. The Labute approximate surface area is 178 Å². The topological polar surface area (TPSA) is 69.7 Å². The maximum absolute atomic E-state index is 12.2. The highest BCUT2D eigenvalue weighted by molar-refractivity contribution is 6.34. The summed E-state index contributed by atoms with van der Waals surface area (Å²) < 4.78 is 16.6. The van der Waals surface area contributed by atoms with Crippen LogP contribution in [0.1, 0.15) is 5.56 Å². The Morgan fingerprint density at radius 3 is 2.52 bits per heavy atom. The molecule has 0 fully saturated rings. The van der Waals surface area contributed by atoms with E-state index in [1.54, 1.807) is 55.9 Å². The SMILES string of the molecule is COc1ccc(NC(=O)COc2cc(Cl)ccc2Cl)cc1OCc1ccncc1. The van der Waals surface area contributed by atoms with Crippen molar-refractivity contribution in [3.05, 3.63) is 76.5 Å². The molecular weight excluding hydrogens is 415 g/mol. The number of hydrogen-bond donors (Lipinski definition) is 1. The Balaban J connectivity index is 1.62. The Kier molecular flexibility index (Phi) is 7.16. The molecule has 0 spiro atoms. The highest BCUT2D eigenvalue weighted by Gasteiger charge is 2.11. The summed E-state index contributed by atoms with van der Waals surface area (Å²) in [5.41, 5.74) is 1.50. The third kappa shape index (κ3) is 6.01. The van der Waals surface area contributed by atoms with Crippen LogP contribution in [0.15, 0.2) is 60.9 Å². The van der Waals surface area contributed by atoms with Gasteiger partial charge in [-0.3, -0.25) is 9.78 Å². The van der Waals surface area contributed by atoms with Gasteiger partial charge in [-0.25, -0.2) is 0 Å². The lowest BCUT2D eigenvalue weighted by molar-refractivity contribution is -0.118. The number of aromatic nitrogens is 1. The zero-order valence-corrected chi connectivity index (χ0v) is 17.0. The number of amides is 1. The van der Waals surface area contributed by atoms with Crippen molar-refractivity contribution in [3.63, 3.8) is 0 Å². The molecule has 150 valence electrons. The van der Waals surface area contributed by atoms with Crippen LogP contribution in [-0.2, 0) is 11.4 Å². The van der Waals surface area contributed by atoms with Crippen molar-refractivity contribution >= 4 is 34.8 Å². The van der Waals surface area contributed by atoms with Crippen molar-refractivity contribution in [3.8, 4) is 17.2 Å². The summed E-state index contributed by atoms with van der Waals surface area (Å²) in [7, 11) is 1.55. The van der Waals surface area contributed by atoms with Crippen molar-refractivity contribution in [1.29, 1.82) is 0 Å². The number of carbonyl (C=O) groups excluding carboxylic acids is 1. The van der Waals surface area contributed by atoms with Crippen LogP contribution in [0.4, 0.5) is 5.69 Å². The molecule has 0 aliphatic carbocycles. The van der Waals surface area contributed by atoms with E-state index in [1.165, 1.54) is 0 Å². The Morgan fingerprint density at radius 1 is 0.966 bits per heavy atom. The fourth-order valence-electron chi connectivity index (χ4n) is 2.44. The van der Waals surface area contributed by atoms with Crippen molar-refractivity contribution in [1.82, 2.24) is 4.98 Å². The fourth-order valence-corrected chi connectivity index (χ4v) is 2.77. The lowest BCUT2D eigenvalue weighted by atomic mass is 10.2. The van der Waals surface area contributed by atoms with Gasteiger partial charge in [0.2, 0.25) is 0 Å². The van der Waals surface area contributed by atoms with E-state index >= 15 is 0 Å². The van der Waals surface area contributed by atoms with Crippen LogP contribution in [0.2, 0.25) is 10.0 Å². The van der Waals surface area contributed by atoms with Gasteiger partial charge in [-0.2, -0.15) is 0 Å². The molecule has 0 bridgehead atoms. The summed E-state index contributed by atoms with van der Waals surface area (Å²) in [6.07, 6.45) is 3.39. The molecule has 0 radical (unpaired) electrons. The predicted molar refractivity (Wildman–Crippen MR) is 112 cm³/mol. The number of rotatable bonds is 8. The number of hydrogen-bond acceptors (Lipinski definition) is 5. The molecule has 29 heavy (non-hydrogen) atoms. The van der Waals surface area contributed by atoms with Crippen molar-refractivity contribution in [2.45, 2.75) is 6.61 Å². The van der Waals surface area contributed by atoms with E-state index in [9.17, 15) is 4.79 Å². The van der Waals surface area contributed by atoms with Crippen LogP contribution in [0, 0.1) is 0 Å². The van der Waals surface area contributed by atoms with Gasteiger partial charge in [-0.1, -0.05) is 23.2 Å². The predicted octanol–water partition coefficient (Wildman–Crippen LogP) is 4.99. The zero-order chi connectivity index (χ0) is 20.6. The first-order chi connectivity index (χ1) is 14.0. The Bertz CT molecular complexity index is 984. The number of carbonyl (C=O) groups is 1. The van der Waals surface area contributed by atoms with Gasteiger partial charge in [0.1, 0.15) is 12.4 Å². The normalized spacial score (nSPS) is 10.3. The molecule has 2 aromatic carbocycles. The van der Waals surface area contributed by atoms with E-state index in [1.807, 2.05) is 12.1 Å². The van der Waals surface area contributed by atoms with Crippen molar-refractivity contribution in [2.75, 3.05) is 19.0 Å². The summed E-state index contributed by atoms with van der Waals surface area (Å²) in [6, 6.07) is 13.6. The highest BCUT2D eigenvalue weighted by Crippen LogP contribution is 2.31. The Hall–Kier alpha value is -2.96. The number of benzene rings is 2. The minimum atomic E-state index is -0.355. The van der Waals surface area contributed by atoms with E-state index in [0.717, 1.165) is 5.56 Å². The number of nitrogens with zero attached hydrogens (tertiary/aromatic N) is 1. The van der Waals surface area contributed by atoms with Gasteiger partial charge >= 0.3 is 0 Å². The smallest absolute Gasteiger partial charge is 0.262 e. The average Bonchev–Trinajstić information content (AvgIpc) is 2.74. The Morgan fingerprint density at radius 2 is 1.76 bits per heavy atom. The highest BCUT2D eigenvalue weighted by atomic mass is 35.5. The largest absolute Gasteiger partial charge is 0.493 e. The van der Waals surface area contributed by atoms with Crippen LogP contribution in [0.5, 0.6) is 17.2 Å². The zero-order valence-electron chi connectivity index (χ0n) is 15.5. The summed E-state index contributed by atoms with van der Waals surface area (Å²) in [5, 5.41) is 3.59. The second kappa shape index (κ2) is 10.0. The number of nitrogens with one attached hydrogen (secondary N) is 1. The molecule has 3 rings (SSSR count). The molecule has 1 aromatic heterocycles. The van der Waals surface area contributed by atoms with E-state index < -0.39 is 0 Å². The second-order valence-corrected chi connectivity index (χ2v) is 6.77. The van der Waals surface area contributed by atoms with Gasteiger partial charge in [-0.05, 0) is 42.0 Å². The van der Waals surface area contributed by atoms with Crippen molar-refractivity contribution < 1.29 is 19.0 Å². The monoisotopic (exact) mass is 432 g/mol. The lowest BCUT2D eigenvalue weighted by Gasteiger charge is -2.13. The molecule has 1 amide bonds. The number of halogens is 2. The van der Waals surface area contributed by atoms with E-state index in [0.29, 0.717) is 39.6 Å². The number of anilines is 1. The van der Waals surface area contributed by atoms with E-state index in [2.05, 4.69) is 10.3 Å². The van der Waals surface area contributed by atoms with Gasteiger partial charge < -0.3 is 19.5 Å². The van der Waals surface area contributed by atoms with Gasteiger partial charge in [0, 0.05) is 35.2 Å². The quantitative estimate of drug-likeness (QED) is 0.542. The molecule has 3 aromatic rings. The fraction of sp³-hybridized carbons (Fsp3) is 0.143. The second-order valence-electron chi connectivity index (χ2n) is 5.92. The number of pyridine rings is 1. The molecular formula is C21H18Cl2N2O4. The average molecular weight is 433 g/mol. The molecule has 0 saturated heterocycles. The van der Waals surface area contributed by atoms with E-state index in [-0.39, 0.29) is 12.5 Å². The third-order valence-electron chi connectivity index (χ3n) is 3.84.